The molecule has 4 aromatic rings. The van der Waals surface area contributed by atoms with Crippen molar-refractivity contribution in [3.63, 3.8) is 0 Å². The van der Waals surface area contributed by atoms with Gasteiger partial charge in [0.1, 0.15) is 17.0 Å². The number of carbonyl (C=O) groups is 2. The van der Waals surface area contributed by atoms with Crippen LogP contribution in [0.3, 0.4) is 0 Å². The second kappa shape index (κ2) is 12.0. The Kier molecular flexibility index (Phi) is 8.22. The Hall–Kier alpha value is -3.70. The third-order valence-corrected chi connectivity index (χ3v) is 11.4. The Labute approximate surface area is 290 Å². The number of hydrogen-bond donors (Lipinski definition) is 1. The number of thiophene rings is 2. The third-order valence-electron chi connectivity index (χ3n) is 9.05. The smallest absolute Gasteiger partial charge is 0.410 e. The lowest BCUT2D eigenvalue weighted by Crippen LogP contribution is -2.43. The van der Waals surface area contributed by atoms with Crippen molar-refractivity contribution in [3.8, 4) is 21.0 Å². The van der Waals surface area contributed by atoms with E-state index < -0.39 is 11.2 Å². The maximum absolute atomic E-state index is 13.0. The van der Waals surface area contributed by atoms with Crippen molar-refractivity contribution in [3.05, 3.63) is 47.9 Å². The van der Waals surface area contributed by atoms with Crippen LogP contribution < -0.4 is 0 Å². The molecule has 6 heterocycles. The van der Waals surface area contributed by atoms with Gasteiger partial charge in [-0.25, -0.2) is 14.6 Å². The highest BCUT2D eigenvalue weighted by atomic mass is 32.1. The number of imidazole rings is 1. The topological polar surface area (TPSA) is 100 Å². The molecule has 2 saturated heterocycles. The van der Waals surface area contributed by atoms with Crippen molar-refractivity contribution in [1.29, 1.82) is 0 Å². The molecule has 0 unspecified atom stereocenters. The fourth-order valence-electron chi connectivity index (χ4n) is 7.01. The first kappa shape index (κ1) is 32.8. The summed E-state index contributed by atoms with van der Waals surface area (Å²) >= 11 is 3.52. The van der Waals surface area contributed by atoms with Crippen molar-refractivity contribution in [1.82, 2.24) is 19.8 Å². The quantitative estimate of drug-likeness (QED) is 0.230. The van der Waals surface area contributed by atoms with Gasteiger partial charge in [-0.15, -0.1) is 22.7 Å². The lowest BCUT2D eigenvalue weighted by Gasteiger charge is -2.28. The molecule has 0 spiro atoms. The molecule has 3 aromatic heterocycles. The number of nitrogens with one attached hydrogen (secondary N) is 1. The number of ether oxygens (including phenoxy) is 2. The zero-order valence-corrected chi connectivity index (χ0v) is 30.7. The first-order chi connectivity index (χ1) is 22.6. The van der Waals surface area contributed by atoms with Crippen LogP contribution in [0.2, 0.25) is 0 Å². The summed E-state index contributed by atoms with van der Waals surface area (Å²) in [6, 6.07) is 10.9. The van der Waals surface area contributed by atoms with E-state index in [2.05, 4.69) is 49.2 Å². The van der Waals surface area contributed by atoms with Gasteiger partial charge in [-0.2, -0.15) is 0 Å². The molecule has 1 N–H and O–H groups in total. The predicted molar refractivity (Wildman–Crippen MR) is 193 cm³/mol. The van der Waals surface area contributed by atoms with E-state index in [1.807, 2.05) is 57.5 Å². The van der Waals surface area contributed by atoms with E-state index in [-0.39, 0.29) is 24.3 Å². The fourth-order valence-corrected chi connectivity index (χ4v) is 9.36. The van der Waals surface area contributed by atoms with Crippen LogP contribution in [0.4, 0.5) is 15.3 Å². The molecule has 11 heteroatoms. The molecule has 48 heavy (non-hydrogen) atoms. The zero-order valence-electron chi connectivity index (χ0n) is 29.0. The van der Waals surface area contributed by atoms with Gasteiger partial charge in [0.25, 0.3) is 0 Å². The summed E-state index contributed by atoms with van der Waals surface area (Å²) in [7, 11) is 0. The molecule has 0 radical (unpaired) electrons. The minimum Gasteiger partial charge on any atom is -0.444 e. The second-order valence-corrected chi connectivity index (χ2v) is 17.9. The van der Waals surface area contributed by atoms with Gasteiger partial charge in [0, 0.05) is 39.5 Å². The van der Waals surface area contributed by atoms with Gasteiger partial charge >= 0.3 is 12.2 Å². The monoisotopic (exact) mass is 687 g/mol. The number of hydrogen-bond acceptors (Lipinski definition) is 8. The zero-order chi connectivity index (χ0) is 34.1. The minimum absolute atomic E-state index is 0.0309. The lowest BCUT2D eigenvalue weighted by atomic mass is 10.00. The van der Waals surface area contributed by atoms with Crippen LogP contribution in [-0.2, 0) is 15.9 Å². The highest BCUT2D eigenvalue weighted by molar-refractivity contribution is 7.31. The van der Waals surface area contributed by atoms with Crippen LogP contribution in [0.25, 0.3) is 30.4 Å². The van der Waals surface area contributed by atoms with E-state index in [4.69, 9.17) is 19.5 Å². The van der Waals surface area contributed by atoms with E-state index in [0.717, 1.165) is 52.6 Å². The SMILES string of the molecule is C[C@H]1C[C@@H](C2=Nc3cc(-c4cc5sc(-c6cnc([C@@H]7C[C@H](C)CN7C(=O)OC(C)(C)C)[nH]6)cc5s4)ccc3C2)N(C(=O)OC(C)(C)C)C1. The van der Waals surface area contributed by atoms with Gasteiger partial charge in [-0.1, -0.05) is 26.0 Å². The van der Waals surface area contributed by atoms with Crippen molar-refractivity contribution < 1.29 is 19.1 Å². The molecule has 4 atom stereocenters. The Morgan fingerprint density at radius 3 is 2.06 bits per heavy atom. The largest absolute Gasteiger partial charge is 0.444 e. The molecule has 2 fully saturated rings. The first-order valence-corrected chi connectivity index (χ1v) is 18.5. The number of nitrogens with zero attached hydrogens (tertiary/aromatic N) is 4. The summed E-state index contributed by atoms with van der Waals surface area (Å²) in [5, 5.41) is 0. The highest BCUT2D eigenvalue weighted by Gasteiger charge is 2.40. The number of carbonyl (C=O) groups excluding carboxylic acids is 2. The van der Waals surface area contributed by atoms with Crippen LogP contribution in [0, 0.1) is 11.8 Å². The number of fused-ring (bicyclic) bond motifs is 2. The van der Waals surface area contributed by atoms with E-state index in [1.165, 1.54) is 19.8 Å². The number of likely N-dealkylation sites (tertiary alicyclic amines) is 2. The fraction of sp³-hybridized carbons (Fsp3) is 0.514. The number of H-pyrrole nitrogens is 1. The van der Waals surface area contributed by atoms with E-state index in [9.17, 15) is 9.59 Å². The standard InChI is InChI=1S/C37H45N5O4S2/c1-20-11-27(41(18-20)34(43)45-36(3,4)5)25-13-22-9-10-23(14-24(22)39-25)29-15-31-32(47-29)16-30(48-31)26-17-38-33(40-26)28-12-21(2)19-42(28)35(44)46-37(6,7)8/h9-10,14-17,20-21,27-28H,11-13,18-19H2,1-8H3,(H,38,40)/t20-,21-,27-,28-/m0/s1. The number of aromatic nitrogens is 2. The van der Waals surface area contributed by atoms with Crippen molar-refractivity contribution in [2.75, 3.05) is 13.1 Å². The molecular weight excluding hydrogens is 643 g/mol. The number of aliphatic imine (C=N–C) groups is 1. The van der Waals surface area contributed by atoms with E-state index >= 15 is 0 Å². The number of benzene rings is 1. The van der Waals surface area contributed by atoms with Gasteiger partial charge < -0.3 is 14.5 Å². The second-order valence-electron chi connectivity index (χ2n) is 15.7. The average molecular weight is 688 g/mol. The Morgan fingerprint density at radius 2 is 1.42 bits per heavy atom. The molecule has 254 valence electrons. The molecule has 7 rings (SSSR count). The summed E-state index contributed by atoms with van der Waals surface area (Å²) in [5.41, 5.74) is 4.29. The van der Waals surface area contributed by atoms with Gasteiger partial charge in [0.05, 0.1) is 34.5 Å². The summed E-state index contributed by atoms with van der Waals surface area (Å²) in [4.78, 5) is 45.4. The van der Waals surface area contributed by atoms with Crippen LogP contribution in [0.15, 0.2) is 41.5 Å². The van der Waals surface area contributed by atoms with Crippen molar-refractivity contribution >= 4 is 55.7 Å². The van der Waals surface area contributed by atoms with Gasteiger partial charge in [0.2, 0.25) is 0 Å². The average Bonchev–Trinajstić information content (AvgIpc) is 3.80. The summed E-state index contributed by atoms with van der Waals surface area (Å²) in [6.07, 6.45) is 3.86. The van der Waals surface area contributed by atoms with Crippen LogP contribution in [-0.4, -0.2) is 68.0 Å². The summed E-state index contributed by atoms with van der Waals surface area (Å²) in [5.74, 6) is 1.58. The maximum atomic E-state index is 13.0. The molecule has 1 aromatic carbocycles. The maximum Gasteiger partial charge on any atom is 0.410 e. The summed E-state index contributed by atoms with van der Waals surface area (Å²) in [6.45, 7) is 17.1. The van der Waals surface area contributed by atoms with Gasteiger partial charge in [-0.05, 0) is 95.5 Å². The summed E-state index contributed by atoms with van der Waals surface area (Å²) < 4.78 is 13.9. The Morgan fingerprint density at radius 1 is 0.833 bits per heavy atom. The Balaban J connectivity index is 1.07. The molecule has 0 saturated carbocycles. The minimum atomic E-state index is -0.543. The Bertz CT molecular complexity index is 1880. The van der Waals surface area contributed by atoms with E-state index in [1.54, 1.807) is 22.7 Å². The number of aromatic amines is 1. The molecule has 3 aliphatic rings. The molecule has 2 amide bonds. The number of rotatable bonds is 4. The van der Waals surface area contributed by atoms with Gasteiger partial charge in [0.15, 0.2) is 0 Å². The predicted octanol–water partition coefficient (Wildman–Crippen LogP) is 9.61. The first-order valence-electron chi connectivity index (χ1n) is 16.9. The number of amides is 2. The molecule has 3 aliphatic heterocycles. The highest BCUT2D eigenvalue weighted by Crippen LogP contribution is 2.44. The molecule has 0 bridgehead atoms. The normalized spacial score (nSPS) is 22.8. The molecular formula is C37H45N5O4S2. The molecule has 0 aliphatic carbocycles. The van der Waals surface area contributed by atoms with Crippen LogP contribution >= 0.6 is 22.7 Å². The third kappa shape index (κ3) is 6.63. The van der Waals surface area contributed by atoms with Crippen LogP contribution in [0.1, 0.15) is 85.7 Å². The van der Waals surface area contributed by atoms with Crippen molar-refractivity contribution in [2.24, 2.45) is 16.8 Å². The van der Waals surface area contributed by atoms with Crippen molar-refractivity contribution in [2.45, 2.75) is 97.9 Å². The van der Waals surface area contributed by atoms with Gasteiger partial charge in [-0.3, -0.25) is 14.8 Å². The lowest BCUT2D eigenvalue weighted by molar-refractivity contribution is 0.0212. The molecule has 9 nitrogen and oxygen atoms in total. The van der Waals surface area contributed by atoms with E-state index in [0.29, 0.717) is 24.9 Å². The van der Waals surface area contributed by atoms with Crippen LogP contribution in [0.5, 0.6) is 0 Å².